The zero-order valence-electron chi connectivity index (χ0n) is 17.5. The number of aromatic nitrogens is 4. The lowest BCUT2D eigenvalue weighted by atomic mass is 9.92. The van der Waals surface area contributed by atoms with Gasteiger partial charge in [0.2, 0.25) is 0 Å². The van der Waals surface area contributed by atoms with E-state index in [1.165, 1.54) is 18.3 Å². The first-order chi connectivity index (χ1) is 15.9. The fourth-order valence-electron chi connectivity index (χ4n) is 3.84. The molecule has 0 saturated carbocycles. The highest BCUT2D eigenvalue weighted by Crippen LogP contribution is 2.31. The Balaban J connectivity index is 1.70. The lowest BCUT2D eigenvalue weighted by molar-refractivity contribution is -0.390. The first-order valence-corrected chi connectivity index (χ1v) is 10.8. The van der Waals surface area contributed by atoms with Gasteiger partial charge < -0.3 is 15.1 Å². The third-order valence-corrected chi connectivity index (χ3v) is 5.76. The molecule has 4 aromatic rings. The third-order valence-electron chi connectivity index (χ3n) is 5.33. The smallest absolute Gasteiger partial charge is 0.358 e. The number of nitriles is 1. The van der Waals surface area contributed by atoms with Crippen molar-refractivity contribution in [2.45, 2.75) is 25.7 Å². The molecule has 8 nitrogen and oxygen atoms in total. The van der Waals surface area contributed by atoms with Crippen LogP contribution in [-0.2, 0) is 12.8 Å². The van der Waals surface area contributed by atoms with Gasteiger partial charge in [0, 0.05) is 24.5 Å². The minimum Gasteiger partial charge on any atom is -0.358 e. The van der Waals surface area contributed by atoms with Gasteiger partial charge in [0.15, 0.2) is 6.20 Å². The Labute approximate surface area is 197 Å². The van der Waals surface area contributed by atoms with E-state index in [1.54, 1.807) is 35.3 Å². The summed E-state index contributed by atoms with van der Waals surface area (Å²) >= 11 is 3.32. The molecule has 0 saturated heterocycles. The number of halogens is 2. The maximum atomic E-state index is 14.3. The van der Waals surface area contributed by atoms with Crippen LogP contribution in [0.15, 0.2) is 59.5 Å². The van der Waals surface area contributed by atoms with E-state index in [2.05, 4.69) is 37.1 Å². The molecule has 0 fully saturated rings. The van der Waals surface area contributed by atoms with Gasteiger partial charge in [-0.05, 0) is 85.7 Å². The molecular formula is C23H18BrFN6O2. The molecule has 0 spiro atoms. The molecule has 3 heterocycles. The normalized spacial score (nSPS) is 11.8. The third kappa shape index (κ3) is 4.83. The molecule has 3 aromatic heterocycles. The summed E-state index contributed by atoms with van der Waals surface area (Å²) in [6, 6.07) is 11.8. The SMILES string of the molecule is C[C@@H](Cc1cc(Br)cnc1[N+](=O)[O-])c1cc(F)ccc1-n1nccc1Cc1c[nH]c(C#N)c1. The van der Waals surface area contributed by atoms with Crippen LogP contribution in [0.1, 0.15) is 40.9 Å². The summed E-state index contributed by atoms with van der Waals surface area (Å²) in [6.45, 7) is 1.89. The average Bonchev–Trinajstić information content (AvgIpc) is 3.43. The second-order valence-electron chi connectivity index (χ2n) is 7.65. The van der Waals surface area contributed by atoms with Crippen LogP contribution in [0.2, 0.25) is 0 Å². The van der Waals surface area contributed by atoms with Crippen LogP contribution in [0, 0.1) is 27.3 Å². The molecule has 4 rings (SSSR count). The summed E-state index contributed by atoms with van der Waals surface area (Å²) in [7, 11) is 0. The summed E-state index contributed by atoms with van der Waals surface area (Å²) in [5, 5.41) is 24.9. The van der Waals surface area contributed by atoms with Crippen LogP contribution < -0.4 is 0 Å². The molecule has 0 aliphatic rings. The Morgan fingerprint density at radius 2 is 2.15 bits per heavy atom. The van der Waals surface area contributed by atoms with Gasteiger partial charge in [-0.3, -0.25) is 0 Å². The summed E-state index contributed by atoms with van der Waals surface area (Å²) < 4.78 is 16.6. The molecule has 1 atom stereocenters. The molecule has 0 aliphatic carbocycles. The van der Waals surface area contributed by atoms with Gasteiger partial charge >= 0.3 is 5.82 Å². The van der Waals surface area contributed by atoms with Crippen molar-refractivity contribution in [2.75, 3.05) is 0 Å². The molecule has 1 N–H and O–H groups in total. The number of H-pyrrole nitrogens is 1. The number of pyridine rings is 1. The zero-order valence-corrected chi connectivity index (χ0v) is 19.1. The zero-order chi connectivity index (χ0) is 23.5. The lowest BCUT2D eigenvalue weighted by Gasteiger charge is -2.18. The molecule has 0 radical (unpaired) electrons. The maximum Gasteiger partial charge on any atom is 0.366 e. The molecule has 0 amide bonds. The first kappa shape index (κ1) is 22.4. The van der Waals surface area contributed by atoms with Gasteiger partial charge in [-0.15, -0.1) is 0 Å². The van der Waals surface area contributed by atoms with Crippen molar-refractivity contribution in [2.24, 2.45) is 0 Å². The molecule has 33 heavy (non-hydrogen) atoms. The Hall–Kier alpha value is -3.84. The van der Waals surface area contributed by atoms with E-state index in [9.17, 15) is 14.5 Å². The van der Waals surface area contributed by atoms with E-state index < -0.39 is 10.7 Å². The van der Waals surface area contributed by atoms with Crippen molar-refractivity contribution in [3.05, 3.63) is 103 Å². The number of nitrogens with zero attached hydrogens (tertiary/aromatic N) is 5. The number of nitro groups is 1. The monoisotopic (exact) mass is 508 g/mol. The largest absolute Gasteiger partial charge is 0.366 e. The van der Waals surface area contributed by atoms with Crippen LogP contribution in [0.4, 0.5) is 10.2 Å². The second-order valence-corrected chi connectivity index (χ2v) is 8.56. The highest BCUT2D eigenvalue weighted by molar-refractivity contribution is 9.10. The fraction of sp³-hybridized carbons (Fsp3) is 0.174. The van der Waals surface area contributed by atoms with Gasteiger partial charge in [0.05, 0.1) is 15.7 Å². The number of hydrogen-bond acceptors (Lipinski definition) is 5. The molecule has 10 heteroatoms. The Morgan fingerprint density at radius 1 is 1.33 bits per heavy atom. The molecule has 0 bridgehead atoms. The van der Waals surface area contributed by atoms with Crippen LogP contribution in [-0.4, -0.2) is 24.7 Å². The topological polar surface area (TPSA) is 113 Å². The van der Waals surface area contributed by atoms with Crippen molar-refractivity contribution in [1.82, 2.24) is 19.7 Å². The highest BCUT2D eigenvalue weighted by atomic mass is 79.9. The molecule has 166 valence electrons. The van der Waals surface area contributed by atoms with Crippen LogP contribution in [0.5, 0.6) is 0 Å². The van der Waals surface area contributed by atoms with Crippen molar-refractivity contribution >= 4 is 21.7 Å². The van der Waals surface area contributed by atoms with Gasteiger partial charge in [0.25, 0.3) is 0 Å². The Bertz CT molecular complexity index is 1370. The quantitative estimate of drug-likeness (QED) is 0.271. The summed E-state index contributed by atoms with van der Waals surface area (Å²) in [5.41, 5.74) is 4.05. The van der Waals surface area contributed by atoms with E-state index in [0.717, 1.165) is 11.3 Å². The predicted molar refractivity (Wildman–Crippen MR) is 123 cm³/mol. The number of aromatic amines is 1. The summed E-state index contributed by atoms with van der Waals surface area (Å²) in [4.78, 5) is 17.7. The Kier molecular flexibility index (Phi) is 6.33. The minimum atomic E-state index is -0.515. The van der Waals surface area contributed by atoms with Gasteiger partial charge in [-0.1, -0.05) is 6.92 Å². The van der Waals surface area contributed by atoms with E-state index >= 15 is 0 Å². The van der Waals surface area contributed by atoms with Crippen LogP contribution >= 0.6 is 15.9 Å². The van der Waals surface area contributed by atoms with Crippen molar-refractivity contribution in [3.8, 4) is 11.8 Å². The molecule has 0 unspecified atom stereocenters. The summed E-state index contributed by atoms with van der Waals surface area (Å²) in [6.07, 6.45) is 5.62. The van der Waals surface area contributed by atoms with Crippen molar-refractivity contribution in [1.29, 1.82) is 5.26 Å². The van der Waals surface area contributed by atoms with Crippen molar-refractivity contribution in [3.63, 3.8) is 0 Å². The molecule has 0 aliphatic heterocycles. The van der Waals surface area contributed by atoms with Crippen LogP contribution in [0.25, 0.3) is 5.69 Å². The standard InChI is InChI=1S/C23H18BrFN6O2/c1-14(6-16-9-17(24)13-28-23(16)31(32)33)21-10-18(25)2-3-22(21)30-20(4-5-29-30)8-15-7-19(11-26)27-12-15/h2-5,7,9-10,12-14,27H,6,8H2,1H3/t14-/m0/s1. The molecule has 1 aromatic carbocycles. The number of rotatable bonds is 7. The van der Waals surface area contributed by atoms with E-state index in [-0.39, 0.29) is 11.7 Å². The number of benzene rings is 1. The van der Waals surface area contributed by atoms with Crippen molar-refractivity contribution < 1.29 is 9.31 Å². The minimum absolute atomic E-state index is 0.219. The second kappa shape index (κ2) is 9.34. The van der Waals surface area contributed by atoms with Gasteiger partial charge in [-0.2, -0.15) is 10.4 Å². The predicted octanol–water partition coefficient (Wildman–Crippen LogP) is 5.21. The summed E-state index contributed by atoms with van der Waals surface area (Å²) in [5.74, 6) is -0.885. The molecular weight excluding hydrogens is 491 g/mol. The van der Waals surface area contributed by atoms with E-state index in [1.807, 2.05) is 13.0 Å². The van der Waals surface area contributed by atoms with Gasteiger partial charge in [0.1, 0.15) is 17.6 Å². The van der Waals surface area contributed by atoms with Crippen LogP contribution in [0.3, 0.4) is 0 Å². The van der Waals surface area contributed by atoms with E-state index in [0.29, 0.717) is 39.8 Å². The Morgan fingerprint density at radius 3 is 2.88 bits per heavy atom. The van der Waals surface area contributed by atoms with E-state index in [4.69, 9.17) is 5.26 Å². The maximum absolute atomic E-state index is 14.3. The van der Waals surface area contributed by atoms with Gasteiger partial charge in [-0.25, -0.2) is 9.07 Å². The average molecular weight is 509 g/mol. The number of nitrogens with one attached hydrogen (secondary N) is 1. The number of hydrogen-bond donors (Lipinski definition) is 1. The first-order valence-electron chi connectivity index (χ1n) is 10.0. The lowest BCUT2D eigenvalue weighted by Crippen LogP contribution is -2.10. The highest BCUT2D eigenvalue weighted by Gasteiger charge is 2.22. The fourth-order valence-corrected chi connectivity index (χ4v) is 4.22.